The highest BCUT2D eigenvalue weighted by Crippen LogP contribution is 2.50. The third kappa shape index (κ3) is 6.07. The molecular weight excluding hydrogens is 526 g/mol. The summed E-state index contributed by atoms with van der Waals surface area (Å²) in [6.45, 7) is 4.17. The third-order valence-corrected chi connectivity index (χ3v) is 7.32. The molecular formula is C28H35NO11. The number of methoxy groups -OCH3 is 4. The highest BCUT2D eigenvalue weighted by atomic mass is 16.5. The van der Waals surface area contributed by atoms with E-state index >= 15 is 0 Å². The van der Waals surface area contributed by atoms with Crippen LogP contribution in [0.15, 0.2) is 24.3 Å². The summed E-state index contributed by atoms with van der Waals surface area (Å²) in [5.41, 5.74) is 2.52. The molecule has 0 amide bonds. The van der Waals surface area contributed by atoms with E-state index in [9.17, 15) is 14.4 Å². The molecule has 0 unspecified atom stereocenters. The zero-order valence-electron chi connectivity index (χ0n) is 23.1. The molecule has 0 saturated heterocycles. The molecule has 4 N–H and O–H groups in total. The highest BCUT2D eigenvalue weighted by molar-refractivity contribution is 5.88. The van der Waals surface area contributed by atoms with Gasteiger partial charge in [0.2, 0.25) is 0 Å². The van der Waals surface area contributed by atoms with Crippen molar-refractivity contribution in [3.8, 4) is 23.0 Å². The van der Waals surface area contributed by atoms with Crippen LogP contribution in [0.2, 0.25) is 0 Å². The lowest BCUT2D eigenvalue weighted by atomic mass is 9.77. The minimum atomic E-state index is -2.74. The molecule has 0 aromatic heterocycles. The normalized spacial score (nSPS) is 17.6. The van der Waals surface area contributed by atoms with Crippen LogP contribution in [0.25, 0.3) is 0 Å². The number of nitrogens with zero attached hydrogens (tertiary/aromatic N) is 1. The number of carboxylic acids is 3. The van der Waals surface area contributed by atoms with E-state index in [4.69, 9.17) is 39.4 Å². The second-order valence-corrected chi connectivity index (χ2v) is 9.71. The molecule has 0 bridgehead atoms. The van der Waals surface area contributed by atoms with Gasteiger partial charge in [0, 0.05) is 30.6 Å². The molecule has 2 aliphatic rings. The van der Waals surface area contributed by atoms with E-state index in [1.54, 1.807) is 28.4 Å². The molecule has 0 radical (unpaired) electrons. The molecule has 12 nitrogen and oxygen atoms in total. The lowest BCUT2D eigenvalue weighted by Gasteiger charge is -2.45. The molecule has 0 fully saturated rings. The summed E-state index contributed by atoms with van der Waals surface area (Å²) < 4.78 is 22.3. The van der Waals surface area contributed by atoms with Gasteiger partial charge in [0.15, 0.2) is 28.6 Å². The number of carboxylic acid groups (broad SMARTS) is 3. The van der Waals surface area contributed by atoms with Crippen LogP contribution in [-0.2, 0) is 27.3 Å². The fourth-order valence-corrected chi connectivity index (χ4v) is 5.47. The lowest BCUT2D eigenvalue weighted by molar-refractivity contribution is -0.170. The van der Waals surface area contributed by atoms with Crippen molar-refractivity contribution in [2.45, 2.75) is 50.3 Å². The molecule has 40 heavy (non-hydrogen) atoms. The number of fused-ring (bicyclic) bond motifs is 4. The topological polar surface area (TPSA) is 172 Å². The predicted octanol–water partition coefficient (Wildman–Crippen LogP) is 2.69. The summed E-state index contributed by atoms with van der Waals surface area (Å²) in [7, 11) is 6.80. The van der Waals surface area contributed by atoms with Crippen molar-refractivity contribution in [3.05, 3.63) is 46.5 Å². The van der Waals surface area contributed by atoms with Gasteiger partial charge in [-0.05, 0) is 41.3 Å². The summed E-state index contributed by atoms with van der Waals surface area (Å²) in [5.74, 6) is -1.42. The first kappa shape index (κ1) is 30.5. The summed E-state index contributed by atoms with van der Waals surface area (Å²) in [5, 5.41) is 33.8. The largest absolute Gasteiger partial charge is 0.493 e. The number of hydrogen-bond acceptors (Lipinski definition) is 9. The molecule has 2 aliphatic heterocycles. The second-order valence-electron chi connectivity index (χ2n) is 9.71. The lowest BCUT2D eigenvalue weighted by Crippen LogP contribution is -2.42. The molecule has 4 rings (SSSR count). The van der Waals surface area contributed by atoms with Crippen LogP contribution in [0.4, 0.5) is 0 Å². The van der Waals surface area contributed by atoms with Crippen molar-refractivity contribution >= 4 is 17.9 Å². The van der Waals surface area contributed by atoms with E-state index in [2.05, 4.69) is 30.0 Å². The number of ether oxygens (including phenoxy) is 4. The number of benzene rings is 2. The Bertz CT molecular complexity index is 1260. The van der Waals surface area contributed by atoms with Gasteiger partial charge in [0.05, 0.1) is 41.3 Å². The second kappa shape index (κ2) is 12.4. The van der Waals surface area contributed by atoms with Crippen LogP contribution >= 0.6 is 0 Å². The molecule has 2 heterocycles. The van der Waals surface area contributed by atoms with Gasteiger partial charge in [-0.15, -0.1) is 0 Å². The van der Waals surface area contributed by atoms with Crippen LogP contribution in [-0.4, -0.2) is 83.8 Å². The molecule has 0 spiro atoms. The van der Waals surface area contributed by atoms with Gasteiger partial charge >= 0.3 is 17.9 Å². The van der Waals surface area contributed by atoms with Crippen molar-refractivity contribution in [1.29, 1.82) is 0 Å². The number of hydrogen-bond donors (Lipinski definition) is 4. The van der Waals surface area contributed by atoms with Crippen LogP contribution in [0, 0.1) is 0 Å². The maximum absolute atomic E-state index is 10.3. The smallest absolute Gasteiger partial charge is 0.336 e. The maximum atomic E-state index is 10.3. The Morgan fingerprint density at radius 2 is 1.45 bits per heavy atom. The van der Waals surface area contributed by atoms with E-state index in [0.717, 1.165) is 42.5 Å². The Morgan fingerprint density at radius 1 is 0.875 bits per heavy atom. The molecule has 2 aromatic rings. The van der Waals surface area contributed by atoms with Crippen LogP contribution < -0.4 is 18.9 Å². The Hall–Kier alpha value is -4.03. The number of rotatable bonds is 9. The maximum Gasteiger partial charge on any atom is 0.336 e. The SMILES string of the molecule is COc1cc2c(cc1OC)[C@H]1[C@@H](C)c3ccc(OC)c(OC)c3CN1CC2.O=C(O)CC(O)(CC(=O)O)C(=O)O. The number of carbonyl (C=O) groups is 3. The first-order valence-electron chi connectivity index (χ1n) is 12.5. The minimum Gasteiger partial charge on any atom is -0.493 e. The van der Waals surface area contributed by atoms with E-state index < -0.39 is 36.4 Å². The van der Waals surface area contributed by atoms with Gasteiger partial charge in [-0.2, -0.15) is 0 Å². The first-order chi connectivity index (χ1) is 18.9. The van der Waals surface area contributed by atoms with E-state index in [1.807, 2.05) is 6.07 Å². The zero-order chi connectivity index (χ0) is 29.8. The van der Waals surface area contributed by atoms with Gasteiger partial charge in [-0.1, -0.05) is 13.0 Å². The van der Waals surface area contributed by atoms with Crippen LogP contribution in [0.1, 0.15) is 54.0 Å². The quantitative estimate of drug-likeness (QED) is 0.353. The highest BCUT2D eigenvalue weighted by Gasteiger charge is 2.41. The van der Waals surface area contributed by atoms with Crippen molar-refractivity contribution in [2.75, 3.05) is 35.0 Å². The van der Waals surface area contributed by atoms with Crippen molar-refractivity contribution < 1.29 is 53.8 Å². The van der Waals surface area contributed by atoms with Gasteiger partial charge in [0.25, 0.3) is 0 Å². The van der Waals surface area contributed by atoms with Crippen molar-refractivity contribution in [3.63, 3.8) is 0 Å². The fraction of sp³-hybridized carbons (Fsp3) is 0.464. The molecule has 0 aliphatic carbocycles. The number of aliphatic hydroxyl groups is 1. The van der Waals surface area contributed by atoms with Gasteiger partial charge in [-0.25, -0.2) is 4.79 Å². The van der Waals surface area contributed by atoms with Crippen LogP contribution in [0.3, 0.4) is 0 Å². The fourth-order valence-electron chi connectivity index (χ4n) is 5.47. The monoisotopic (exact) mass is 561 g/mol. The average molecular weight is 562 g/mol. The molecule has 0 saturated carbocycles. The van der Waals surface area contributed by atoms with E-state index in [-0.39, 0.29) is 0 Å². The Kier molecular flexibility index (Phi) is 9.48. The molecule has 218 valence electrons. The van der Waals surface area contributed by atoms with Gasteiger partial charge in [0.1, 0.15) is 0 Å². The third-order valence-electron chi connectivity index (χ3n) is 7.32. The molecule has 2 atom stereocenters. The molecule has 12 heteroatoms. The summed E-state index contributed by atoms with van der Waals surface area (Å²) >= 11 is 0. The summed E-state index contributed by atoms with van der Waals surface area (Å²) in [6, 6.07) is 8.82. The van der Waals surface area contributed by atoms with E-state index in [1.165, 1.54) is 22.3 Å². The Labute approximate surface area is 231 Å². The number of aliphatic carboxylic acids is 3. The Morgan fingerprint density at radius 3 is 1.95 bits per heavy atom. The minimum absolute atomic E-state index is 0.319. The van der Waals surface area contributed by atoms with Gasteiger partial charge < -0.3 is 39.4 Å². The Balaban J connectivity index is 0.000000289. The average Bonchev–Trinajstić information content (AvgIpc) is 2.90. The molecule has 2 aromatic carbocycles. The summed E-state index contributed by atoms with van der Waals surface area (Å²) in [4.78, 5) is 33.0. The summed E-state index contributed by atoms with van der Waals surface area (Å²) in [6.07, 6.45) is -1.29. The van der Waals surface area contributed by atoms with Crippen LogP contribution in [0.5, 0.6) is 23.0 Å². The van der Waals surface area contributed by atoms with Crippen molar-refractivity contribution in [2.24, 2.45) is 0 Å². The van der Waals surface area contributed by atoms with Crippen molar-refractivity contribution in [1.82, 2.24) is 4.90 Å². The standard InChI is InChI=1S/C22H27NO4.C6H8O7/c1-13-15-6-7-18(24-2)22(27-5)17(15)12-23-9-8-14-10-19(25-3)20(26-4)11-16(14)21(13)23;7-3(8)1-6(13,5(11)12)2-4(9)10/h6-7,10-11,13,21H,8-9,12H2,1-5H3;13H,1-2H2,(H,7,8)(H,9,10)(H,11,12)/t13-,21+;/m0./s1. The predicted molar refractivity (Wildman–Crippen MR) is 141 cm³/mol. The van der Waals surface area contributed by atoms with Gasteiger partial charge in [-0.3, -0.25) is 14.5 Å². The first-order valence-corrected chi connectivity index (χ1v) is 12.5. The van der Waals surface area contributed by atoms with E-state index in [0.29, 0.717) is 12.0 Å². The zero-order valence-corrected chi connectivity index (χ0v) is 23.1.